The van der Waals surface area contributed by atoms with Crippen LogP contribution in [0, 0.1) is 64.1 Å². The number of pyridine rings is 2. The van der Waals surface area contributed by atoms with Crippen molar-refractivity contribution in [1.29, 1.82) is 0 Å². The van der Waals surface area contributed by atoms with Crippen LogP contribution in [0.4, 0.5) is 0 Å². The molecule has 0 unspecified atom stereocenters. The van der Waals surface area contributed by atoms with E-state index < -0.39 is 33.7 Å². The number of hydrogen-bond donors (Lipinski definition) is 0. The maximum Gasteiger partial charge on any atom is 0.344 e. The number of hydrogen-bond acceptors (Lipinski definition) is 5. The smallest absolute Gasteiger partial charge is 0.344 e. The van der Waals surface area contributed by atoms with Gasteiger partial charge >= 0.3 is 5.97 Å². The minimum atomic E-state index is -1.72. The summed E-state index contributed by atoms with van der Waals surface area (Å²) in [5.74, 6) is 0.129. The molecule has 6 nitrogen and oxygen atoms in total. The standard InChI is InChI=1S/C68H112N2O4/c1-33(2)49-50(34(3)4)53(37(9)10)59-55(51(49)35(5)6)52(36(7)8)57-60(69-59)61-54(38(11)12)56-58(62(71)70(61)65(57,42(19)20)43(21)22)66(44(23)24,45(25)26)74-63(72)68(56,73-48(31)32)67(46(27)28,47(29)30)64(39(13)14,40(15)16)41(17)18/h33-48H,1-32H3/t68-/m0/s1. The lowest BCUT2D eigenvalue weighted by Gasteiger charge is -2.70. The van der Waals surface area contributed by atoms with E-state index >= 15 is 9.59 Å². The van der Waals surface area contributed by atoms with Crippen molar-refractivity contribution in [1.82, 2.24) is 9.55 Å². The van der Waals surface area contributed by atoms with Crippen LogP contribution in [0.2, 0.25) is 0 Å². The number of benzene rings is 1. The molecule has 0 fully saturated rings. The zero-order valence-corrected chi connectivity index (χ0v) is 53.8. The minimum absolute atomic E-state index is 0.0298. The molecule has 1 aromatic carbocycles. The quantitative estimate of drug-likeness (QED) is 0.112. The zero-order valence-electron chi connectivity index (χ0n) is 53.8. The highest BCUT2D eigenvalue weighted by Crippen LogP contribution is 2.73. The van der Waals surface area contributed by atoms with Crippen LogP contribution in [0.15, 0.2) is 4.79 Å². The van der Waals surface area contributed by atoms with E-state index in [0.717, 1.165) is 28.0 Å². The maximum atomic E-state index is 17.9. The molecule has 0 saturated heterocycles. The van der Waals surface area contributed by atoms with E-state index in [4.69, 9.17) is 14.5 Å². The molecule has 4 heterocycles. The van der Waals surface area contributed by atoms with E-state index in [1.807, 2.05) is 0 Å². The van der Waals surface area contributed by atoms with Crippen LogP contribution in [-0.4, -0.2) is 21.6 Å². The molecule has 2 aromatic heterocycles. The Morgan fingerprint density at radius 2 is 0.838 bits per heavy atom. The first-order chi connectivity index (χ1) is 33.8. The second-order valence-electron chi connectivity index (χ2n) is 28.8. The van der Waals surface area contributed by atoms with Crippen LogP contribution >= 0.6 is 0 Å². The molecule has 0 saturated carbocycles. The lowest BCUT2D eigenvalue weighted by Crippen LogP contribution is -2.74. The van der Waals surface area contributed by atoms with Crippen LogP contribution < -0.4 is 5.56 Å². The predicted molar refractivity (Wildman–Crippen MR) is 317 cm³/mol. The van der Waals surface area contributed by atoms with Crippen LogP contribution in [0.3, 0.4) is 0 Å². The molecule has 74 heavy (non-hydrogen) atoms. The van der Waals surface area contributed by atoms with Gasteiger partial charge in [-0.2, -0.15) is 0 Å². The molecule has 0 N–H and O–H groups in total. The number of carbonyl (C=O) groups excluding carboxylic acids is 1. The molecule has 0 bridgehead atoms. The second-order valence-corrected chi connectivity index (χ2v) is 28.8. The van der Waals surface area contributed by atoms with E-state index in [1.165, 1.54) is 38.8 Å². The highest BCUT2D eigenvalue weighted by molar-refractivity contribution is 5.98. The van der Waals surface area contributed by atoms with Crippen molar-refractivity contribution < 1.29 is 14.3 Å². The van der Waals surface area contributed by atoms with Gasteiger partial charge in [0, 0.05) is 21.9 Å². The molecule has 0 radical (unpaired) electrons. The summed E-state index contributed by atoms with van der Waals surface area (Å²) in [6.07, 6.45) is -0.405. The Bertz CT molecular complexity index is 2580. The monoisotopic (exact) mass is 1020 g/mol. The Labute approximate surface area is 454 Å². The number of rotatable bonds is 19. The van der Waals surface area contributed by atoms with Gasteiger partial charge in [-0.05, 0) is 141 Å². The van der Waals surface area contributed by atoms with Crippen molar-refractivity contribution in [3.05, 3.63) is 60.4 Å². The lowest BCUT2D eigenvalue weighted by molar-refractivity contribution is -0.301. The van der Waals surface area contributed by atoms with Gasteiger partial charge in [-0.1, -0.05) is 208 Å². The van der Waals surface area contributed by atoms with Gasteiger partial charge in [-0.25, -0.2) is 9.78 Å². The molecule has 418 valence electrons. The number of fused-ring (bicyclic) bond motifs is 5. The first-order valence-corrected chi connectivity index (χ1v) is 30.2. The molecular weight excluding hydrogens is 909 g/mol. The summed E-state index contributed by atoms with van der Waals surface area (Å²) in [4.78, 5) is 41.5. The van der Waals surface area contributed by atoms with Gasteiger partial charge in [0.15, 0.2) is 5.60 Å². The topological polar surface area (TPSA) is 70.4 Å². The number of cyclic esters (lactones) is 1. The van der Waals surface area contributed by atoms with Gasteiger partial charge in [0.2, 0.25) is 0 Å². The largest absolute Gasteiger partial charge is 0.451 e. The highest BCUT2D eigenvalue weighted by Gasteiger charge is 2.77. The SMILES string of the molecule is CC(C)O[C@]1(C(C(C)C)(C(C)C)C(C(C)C)(C(C)C)C(C)C)C(=O)OC(C(C)C)(C(C)C)c2c1c(C(C)C)c1n(c2=O)C(C(C)C)(C(C)C)c2c-1nc1c(C(C)C)c(C(C)C)c(C(C)C)c(C(C)C)c1c2C(C)C. The Morgan fingerprint density at radius 1 is 0.446 bits per heavy atom. The number of carbonyl (C=O) groups is 1. The fourth-order valence-corrected chi connectivity index (χ4v) is 18.7. The fraction of sp³-hybridized carbons (Fsp3) is 0.779. The van der Waals surface area contributed by atoms with Crippen LogP contribution in [0.25, 0.3) is 22.3 Å². The third kappa shape index (κ3) is 7.90. The van der Waals surface area contributed by atoms with Gasteiger partial charge in [0.05, 0.1) is 34.1 Å². The van der Waals surface area contributed by atoms with E-state index in [-0.39, 0.29) is 94.4 Å². The molecule has 3 aromatic rings. The van der Waals surface area contributed by atoms with E-state index in [0.29, 0.717) is 11.5 Å². The average Bonchev–Trinajstić information content (AvgIpc) is 3.54. The van der Waals surface area contributed by atoms with Gasteiger partial charge in [-0.15, -0.1) is 0 Å². The molecule has 1 atom stereocenters. The summed E-state index contributed by atoms with van der Waals surface area (Å²) in [6.45, 7) is 74.1. The Hall–Kier alpha value is -2.99. The van der Waals surface area contributed by atoms with Gasteiger partial charge < -0.3 is 9.47 Å². The average molecular weight is 1020 g/mol. The van der Waals surface area contributed by atoms with E-state index in [1.54, 1.807) is 0 Å². The first kappa shape index (κ1) is 61.9. The zero-order chi connectivity index (χ0) is 57.1. The number of nitrogens with zero attached hydrogens (tertiary/aromatic N) is 2. The molecular formula is C68H112N2O4. The van der Waals surface area contributed by atoms with Crippen molar-refractivity contribution in [2.75, 3.05) is 0 Å². The Kier molecular flexibility index (Phi) is 17.6. The summed E-state index contributed by atoms with van der Waals surface area (Å²) in [6, 6.07) is 0. The predicted octanol–water partition coefficient (Wildman–Crippen LogP) is 19.1. The van der Waals surface area contributed by atoms with Crippen molar-refractivity contribution in [2.45, 2.75) is 280 Å². The summed E-state index contributed by atoms with van der Waals surface area (Å²) in [5.41, 5.74) is 8.11. The van der Waals surface area contributed by atoms with Gasteiger partial charge in [0.1, 0.15) is 5.60 Å². The van der Waals surface area contributed by atoms with Gasteiger partial charge in [-0.3, -0.25) is 9.36 Å². The third-order valence-corrected chi connectivity index (χ3v) is 19.7. The molecule has 5 rings (SSSR count). The summed E-state index contributed by atoms with van der Waals surface area (Å²) < 4.78 is 17.9. The highest BCUT2D eigenvalue weighted by atomic mass is 16.6. The normalized spacial score (nSPS) is 18.3. The number of esters is 1. The minimum Gasteiger partial charge on any atom is -0.451 e. The first-order valence-electron chi connectivity index (χ1n) is 30.2. The molecule has 0 amide bonds. The Morgan fingerprint density at radius 3 is 1.16 bits per heavy atom. The number of aromatic nitrogens is 2. The van der Waals surface area contributed by atoms with E-state index in [9.17, 15) is 0 Å². The summed E-state index contributed by atoms with van der Waals surface area (Å²) >= 11 is 0. The maximum absolute atomic E-state index is 17.9. The van der Waals surface area contributed by atoms with Crippen LogP contribution in [0.5, 0.6) is 0 Å². The molecule has 0 aliphatic carbocycles. The molecule has 6 heteroatoms. The van der Waals surface area contributed by atoms with Gasteiger partial charge in [0.25, 0.3) is 5.56 Å². The summed E-state index contributed by atoms with van der Waals surface area (Å²) in [5, 5.41) is 1.29. The van der Waals surface area contributed by atoms with Crippen LogP contribution in [0.1, 0.15) is 307 Å². The number of ether oxygens (including phenoxy) is 2. The van der Waals surface area contributed by atoms with Crippen molar-refractivity contribution in [3.63, 3.8) is 0 Å². The van der Waals surface area contributed by atoms with Crippen molar-refractivity contribution >= 4 is 16.9 Å². The fourth-order valence-electron chi connectivity index (χ4n) is 18.7. The summed E-state index contributed by atoms with van der Waals surface area (Å²) in [7, 11) is 0. The Balaban J connectivity index is 2.52. The third-order valence-electron chi connectivity index (χ3n) is 19.7. The second kappa shape index (κ2) is 21.0. The lowest BCUT2D eigenvalue weighted by atomic mass is 9.36. The van der Waals surface area contributed by atoms with Crippen molar-refractivity contribution in [2.24, 2.45) is 64.1 Å². The van der Waals surface area contributed by atoms with E-state index in [2.05, 4.69) is 226 Å². The molecule has 2 aliphatic heterocycles. The molecule has 0 spiro atoms. The van der Waals surface area contributed by atoms with Crippen molar-refractivity contribution in [3.8, 4) is 11.4 Å². The molecule has 2 aliphatic rings. The van der Waals surface area contributed by atoms with Crippen LogP contribution in [-0.2, 0) is 31.0 Å².